The van der Waals surface area contributed by atoms with Gasteiger partial charge < -0.3 is 15.4 Å². The molecule has 1 atom stereocenters. The Labute approximate surface area is 172 Å². The van der Waals surface area contributed by atoms with Gasteiger partial charge in [0.25, 0.3) is 5.91 Å². The van der Waals surface area contributed by atoms with Gasteiger partial charge >= 0.3 is 0 Å². The molecule has 0 radical (unpaired) electrons. The van der Waals surface area contributed by atoms with Crippen molar-refractivity contribution >= 4 is 16.9 Å². The van der Waals surface area contributed by atoms with Gasteiger partial charge in [-0.3, -0.25) is 4.79 Å². The first kappa shape index (κ1) is 20.1. The van der Waals surface area contributed by atoms with E-state index in [1.54, 1.807) is 7.11 Å². The van der Waals surface area contributed by atoms with Crippen molar-refractivity contribution in [3.8, 4) is 5.75 Å². The van der Waals surface area contributed by atoms with Crippen LogP contribution in [0.4, 0.5) is 0 Å². The maximum Gasteiger partial charge on any atom is 0.252 e. The van der Waals surface area contributed by atoms with Gasteiger partial charge in [0.15, 0.2) is 0 Å². The topological polar surface area (TPSA) is 86.3 Å². The second-order valence-corrected chi connectivity index (χ2v) is 8.60. The van der Waals surface area contributed by atoms with Crippen LogP contribution in [-0.4, -0.2) is 52.5 Å². The lowest BCUT2D eigenvalue weighted by Gasteiger charge is -2.26. The Kier molecular flexibility index (Phi) is 6.04. The predicted octanol–water partition coefficient (Wildman–Crippen LogP) is 3.32. The third kappa shape index (κ3) is 4.25. The lowest BCUT2D eigenvalue weighted by Crippen LogP contribution is -2.31. The molecule has 1 aliphatic heterocycles. The number of rotatable bonds is 6. The molecule has 1 aliphatic carbocycles. The van der Waals surface area contributed by atoms with Crippen LogP contribution in [0.25, 0.3) is 11.0 Å². The summed E-state index contributed by atoms with van der Waals surface area (Å²) in [5.74, 6) is 0.696. The predicted molar refractivity (Wildman–Crippen MR) is 113 cm³/mol. The largest absolute Gasteiger partial charge is 0.496 e. The number of fused-ring (bicyclic) bond motifs is 1. The average Bonchev–Trinajstić information content (AvgIpc) is 3.40. The number of amides is 1. The molecule has 1 aromatic carbocycles. The first-order chi connectivity index (χ1) is 14.1. The van der Waals surface area contributed by atoms with Crippen molar-refractivity contribution in [3.05, 3.63) is 17.2 Å². The van der Waals surface area contributed by atoms with Crippen LogP contribution in [0.3, 0.4) is 0 Å². The van der Waals surface area contributed by atoms with Crippen LogP contribution in [0.1, 0.15) is 73.8 Å². The summed E-state index contributed by atoms with van der Waals surface area (Å²) in [4.78, 5) is 14.8. The van der Waals surface area contributed by atoms with Crippen molar-refractivity contribution in [2.45, 2.75) is 64.3 Å². The minimum Gasteiger partial charge on any atom is -0.496 e. The van der Waals surface area contributed by atoms with Gasteiger partial charge in [0.2, 0.25) is 0 Å². The van der Waals surface area contributed by atoms with Gasteiger partial charge in [-0.15, -0.1) is 5.10 Å². The number of methoxy groups -OCH3 is 1. The molecule has 2 fully saturated rings. The minimum atomic E-state index is -0.450. The first-order valence-electron chi connectivity index (χ1n) is 11.1. The van der Waals surface area contributed by atoms with E-state index in [0.717, 1.165) is 49.1 Å². The lowest BCUT2D eigenvalue weighted by atomic mass is 9.98. The fourth-order valence-electron chi connectivity index (χ4n) is 4.66. The lowest BCUT2D eigenvalue weighted by molar-refractivity contribution is 0.0996. The number of aromatic nitrogens is 3. The van der Waals surface area contributed by atoms with Crippen molar-refractivity contribution in [2.24, 2.45) is 11.7 Å². The Balaban J connectivity index is 1.79. The molecule has 0 spiro atoms. The van der Waals surface area contributed by atoms with Crippen molar-refractivity contribution in [1.82, 2.24) is 19.9 Å². The number of nitrogens with two attached hydrogens (primary N) is 1. The maximum atomic E-state index is 12.2. The Hall–Kier alpha value is -2.15. The Morgan fingerprint density at radius 3 is 2.72 bits per heavy atom. The van der Waals surface area contributed by atoms with Gasteiger partial charge in [0.1, 0.15) is 11.3 Å². The van der Waals surface area contributed by atoms with E-state index in [0.29, 0.717) is 17.2 Å². The SMILES string of the molecule is CCN1CCCCCCC(n2nnc3c(CC4CC4)c(C(N)=O)c(OC)cc32)C1. The molecule has 29 heavy (non-hydrogen) atoms. The van der Waals surface area contributed by atoms with E-state index < -0.39 is 5.91 Å². The molecule has 7 heteroatoms. The van der Waals surface area contributed by atoms with Crippen LogP contribution in [0.15, 0.2) is 6.07 Å². The first-order valence-corrected chi connectivity index (χ1v) is 11.1. The highest BCUT2D eigenvalue weighted by molar-refractivity contribution is 6.02. The molecule has 1 saturated carbocycles. The molecule has 4 rings (SSSR count). The molecule has 2 heterocycles. The number of nitrogens with zero attached hydrogens (tertiary/aromatic N) is 4. The molecule has 1 aromatic heterocycles. The van der Waals surface area contributed by atoms with Crippen LogP contribution in [0.2, 0.25) is 0 Å². The molecule has 2 aromatic rings. The van der Waals surface area contributed by atoms with Gasteiger partial charge in [-0.2, -0.15) is 0 Å². The van der Waals surface area contributed by atoms with E-state index in [2.05, 4.69) is 26.8 Å². The highest BCUT2D eigenvalue weighted by Crippen LogP contribution is 2.39. The van der Waals surface area contributed by atoms with Crippen LogP contribution in [0, 0.1) is 5.92 Å². The number of likely N-dealkylation sites (N-methyl/N-ethyl adjacent to an activating group) is 1. The van der Waals surface area contributed by atoms with Crippen molar-refractivity contribution < 1.29 is 9.53 Å². The summed E-state index contributed by atoms with van der Waals surface area (Å²) in [5.41, 5.74) is 8.90. The van der Waals surface area contributed by atoms with Gasteiger partial charge in [0.05, 0.1) is 24.2 Å². The highest BCUT2D eigenvalue weighted by Gasteiger charge is 2.30. The molecule has 0 bridgehead atoms. The third-order valence-corrected chi connectivity index (χ3v) is 6.51. The summed E-state index contributed by atoms with van der Waals surface area (Å²) >= 11 is 0. The average molecular weight is 400 g/mol. The zero-order chi connectivity index (χ0) is 20.4. The smallest absolute Gasteiger partial charge is 0.252 e. The van der Waals surface area contributed by atoms with Crippen LogP contribution < -0.4 is 10.5 Å². The van der Waals surface area contributed by atoms with Gasteiger partial charge in [-0.05, 0) is 56.7 Å². The highest BCUT2D eigenvalue weighted by atomic mass is 16.5. The number of carbonyl (C=O) groups excluding carboxylic acids is 1. The van der Waals surface area contributed by atoms with Gasteiger partial charge in [0, 0.05) is 12.6 Å². The second kappa shape index (κ2) is 8.69. The van der Waals surface area contributed by atoms with Crippen LogP contribution in [0.5, 0.6) is 5.75 Å². The van der Waals surface area contributed by atoms with Crippen molar-refractivity contribution in [3.63, 3.8) is 0 Å². The molecule has 1 unspecified atom stereocenters. The van der Waals surface area contributed by atoms with Crippen LogP contribution >= 0.6 is 0 Å². The number of hydrogen-bond donors (Lipinski definition) is 1. The second-order valence-electron chi connectivity index (χ2n) is 8.60. The van der Waals surface area contributed by atoms with Crippen molar-refractivity contribution in [1.29, 1.82) is 0 Å². The summed E-state index contributed by atoms with van der Waals surface area (Å²) in [5, 5.41) is 9.14. The van der Waals surface area contributed by atoms with E-state index in [-0.39, 0.29) is 6.04 Å². The van der Waals surface area contributed by atoms with E-state index in [9.17, 15) is 4.79 Å². The summed E-state index contributed by atoms with van der Waals surface area (Å²) in [6.07, 6.45) is 9.32. The van der Waals surface area contributed by atoms with Crippen LogP contribution in [-0.2, 0) is 6.42 Å². The van der Waals surface area contributed by atoms with E-state index in [4.69, 9.17) is 10.5 Å². The monoisotopic (exact) mass is 399 g/mol. The quantitative estimate of drug-likeness (QED) is 0.805. The molecule has 1 saturated heterocycles. The van der Waals surface area contributed by atoms with E-state index >= 15 is 0 Å². The summed E-state index contributed by atoms with van der Waals surface area (Å²) in [6, 6.07) is 2.19. The van der Waals surface area contributed by atoms with E-state index in [1.165, 1.54) is 38.5 Å². The molecular weight excluding hydrogens is 366 g/mol. The summed E-state index contributed by atoms with van der Waals surface area (Å²) in [7, 11) is 1.60. The molecule has 2 N–H and O–H groups in total. The fraction of sp³-hybridized carbons (Fsp3) is 0.682. The zero-order valence-corrected chi connectivity index (χ0v) is 17.7. The van der Waals surface area contributed by atoms with Gasteiger partial charge in [-0.25, -0.2) is 4.68 Å². The number of carbonyl (C=O) groups is 1. The molecule has 7 nitrogen and oxygen atoms in total. The number of primary amides is 1. The number of hydrogen-bond acceptors (Lipinski definition) is 5. The van der Waals surface area contributed by atoms with Crippen molar-refractivity contribution in [2.75, 3.05) is 26.7 Å². The zero-order valence-electron chi connectivity index (χ0n) is 17.7. The maximum absolute atomic E-state index is 12.2. The fourth-order valence-corrected chi connectivity index (χ4v) is 4.66. The molecular formula is C22H33N5O2. The number of ether oxygens (including phenoxy) is 1. The van der Waals surface area contributed by atoms with E-state index in [1.807, 2.05) is 6.07 Å². The molecule has 1 amide bonds. The van der Waals surface area contributed by atoms with Gasteiger partial charge in [-0.1, -0.05) is 31.4 Å². The Morgan fingerprint density at radius 1 is 1.24 bits per heavy atom. The Morgan fingerprint density at radius 2 is 2.03 bits per heavy atom. The standard InChI is InChI=1S/C22H33N5O2/c1-3-26-11-7-5-4-6-8-16(14-26)27-18-13-19(29-2)20(22(23)28)17(12-15-9-10-15)21(18)24-25-27/h13,15-16H,3-12,14H2,1-2H3,(H2,23,28). The minimum absolute atomic E-state index is 0.274. The number of benzene rings is 1. The Bertz CT molecular complexity index is 874. The molecule has 158 valence electrons. The summed E-state index contributed by atoms with van der Waals surface area (Å²) in [6.45, 7) is 5.39. The molecule has 2 aliphatic rings. The summed E-state index contributed by atoms with van der Waals surface area (Å²) < 4.78 is 7.67. The normalized spacial score (nSPS) is 21.5. The third-order valence-electron chi connectivity index (χ3n) is 6.51.